The van der Waals surface area contributed by atoms with Crippen molar-refractivity contribution in [3.05, 3.63) is 23.8 Å². The highest BCUT2D eigenvalue weighted by Gasteiger charge is 2.22. The molecular formula is C8H9FN2O2. The Bertz CT molecular complexity index is 316. The predicted molar refractivity (Wildman–Crippen MR) is 43.1 cm³/mol. The van der Waals surface area contributed by atoms with E-state index in [0.717, 1.165) is 12.4 Å². The van der Waals surface area contributed by atoms with E-state index in [1.807, 2.05) is 0 Å². The SMILES string of the molecule is CC(C)(F)c1ncc(C(=O)O)cn1. The van der Waals surface area contributed by atoms with Gasteiger partial charge >= 0.3 is 5.97 Å². The first-order chi connectivity index (χ1) is 5.91. The third kappa shape index (κ3) is 2.21. The first-order valence-corrected chi connectivity index (χ1v) is 3.66. The van der Waals surface area contributed by atoms with Gasteiger partial charge in [-0.3, -0.25) is 0 Å². The van der Waals surface area contributed by atoms with Crippen molar-refractivity contribution < 1.29 is 14.3 Å². The number of hydrogen-bond donors (Lipinski definition) is 1. The molecule has 0 aliphatic rings. The molecule has 13 heavy (non-hydrogen) atoms. The molecule has 0 spiro atoms. The van der Waals surface area contributed by atoms with Crippen molar-refractivity contribution in [3.63, 3.8) is 0 Å². The van der Waals surface area contributed by atoms with Gasteiger partial charge in [-0.2, -0.15) is 0 Å². The van der Waals surface area contributed by atoms with Crippen LogP contribution in [0.3, 0.4) is 0 Å². The van der Waals surface area contributed by atoms with Gasteiger partial charge in [0.15, 0.2) is 11.5 Å². The second-order valence-corrected chi connectivity index (χ2v) is 3.07. The van der Waals surface area contributed by atoms with Gasteiger partial charge in [-0.05, 0) is 13.8 Å². The monoisotopic (exact) mass is 184 g/mol. The average Bonchev–Trinajstić information content (AvgIpc) is 2.03. The standard InChI is InChI=1S/C8H9FN2O2/c1-8(2,9)7-10-3-5(4-11-7)6(12)13/h3-4H,1-2H3,(H,12,13). The molecule has 0 saturated heterocycles. The molecule has 0 aliphatic heterocycles. The molecule has 1 aromatic rings. The van der Waals surface area contributed by atoms with Crippen molar-refractivity contribution in [1.29, 1.82) is 0 Å². The fourth-order valence-corrected chi connectivity index (χ4v) is 0.745. The molecule has 0 saturated carbocycles. The summed E-state index contributed by atoms with van der Waals surface area (Å²) < 4.78 is 13.2. The summed E-state index contributed by atoms with van der Waals surface area (Å²) in [6, 6.07) is 0. The number of carboxylic acids is 1. The topological polar surface area (TPSA) is 63.1 Å². The Balaban J connectivity index is 3.01. The van der Waals surface area contributed by atoms with Crippen LogP contribution >= 0.6 is 0 Å². The molecule has 0 aromatic carbocycles. The second kappa shape index (κ2) is 3.08. The second-order valence-electron chi connectivity index (χ2n) is 3.07. The number of halogens is 1. The molecule has 0 amide bonds. The van der Waals surface area contributed by atoms with Crippen molar-refractivity contribution in [2.24, 2.45) is 0 Å². The Morgan fingerprint density at radius 3 is 2.23 bits per heavy atom. The Hall–Kier alpha value is -1.52. The van der Waals surface area contributed by atoms with E-state index in [1.54, 1.807) is 0 Å². The summed E-state index contributed by atoms with van der Waals surface area (Å²) >= 11 is 0. The highest BCUT2D eigenvalue weighted by molar-refractivity contribution is 5.86. The molecular weight excluding hydrogens is 175 g/mol. The zero-order valence-electron chi connectivity index (χ0n) is 7.28. The van der Waals surface area contributed by atoms with Crippen LogP contribution in [0.4, 0.5) is 4.39 Å². The lowest BCUT2D eigenvalue weighted by atomic mass is 10.1. The number of aromatic carboxylic acids is 1. The fraction of sp³-hybridized carbons (Fsp3) is 0.375. The van der Waals surface area contributed by atoms with Gasteiger partial charge < -0.3 is 5.11 Å². The quantitative estimate of drug-likeness (QED) is 0.754. The number of aromatic nitrogens is 2. The molecule has 4 nitrogen and oxygen atoms in total. The first kappa shape index (κ1) is 9.57. The molecule has 0 atom stereocenters. The van der Waals surface area contributed by atoms with Crippen molar-refractivity contribution >= 4 is 5.97 Å². The Morgan fingerprint density at radius 2 is 1.92 bits per heavy atom. The van der Waals surface area contributed by atoms with Crippen LogP contribution in [0.25, 0.3) is 0 Å². The van der Waals surface area contributed by atoms with Crippen molar-refractivity contribution in [2.45, 2.75) is 19.5 Å². The highest BCUT2D eigenvalue weighted by Crippen LogP contribution is 2.19. The normalized spacial score (nSPS) is 11.3. The fourth-order valence-electron chi connectivity index (χ4n) is 0.745. The van der Waals surface area contributed by atoms with Crippen LogP contribution in [-0.4, -0.2) is 21.0 Å². The Kier molecular flexibility index (Phi) is 2.27. The summed E-state index contributed by atoms with van der Waals surface area (Å²) in [6.45, 7) is 2.62. The molecule has 70 valence electrons. The molecule has 0 unspecified atom stereocenters. The van der Waals surface area contributed by atoms with Gasteiger partial charge in [0.1, 0.15) is 0 Å². The maximum Gasteiger partial charge on any atom is 0.338 e. The molecule has 1 N–H and O–H groups in total. The predicted octanol–water partition coefficient (Wildman–Crippen LogP) is 1.38. The van der Waals surface area contributed by atoms with Gasteiger partial charge in [0, 0.05) is 12.4 Å². The summed E-state index contributed by atoms with van der Waals surface area (Å²) in [5.41, 5.74) is -1.69. The van der Waals surface area contributed by atoms with Crippen LogP contribution in [0, 0.1) is 0 Å². The van der Waals surface area contributed by atoms with E-state index in [9.17, 15) is 9.18 Å². The van der Waals surface area contributed by atoms with Gasteiger partial charge in [-0.15, -0.1) is 0 Å². The van der Waals surface area contributed by atoms with Gasteiger partial charge in [-0.1, -0.05) is 0 Å². The van der Waals surface area contributed by atoms with E-state index >= 15 is 0 Å². The van der Waals surface area contributed by atoms with Gasteiger partial charge in [0.2, 0.25) is 0 Å². The van der Waals surface area contributed by atoms with E-state index in [-0.39, 0.29) is 11.4 Å². The minimum absolute atomic E-state index is 0.0162. The van der Waals surface area contributed by atoms with Crippen LogP contribution in [0.5, 0.6) is 0 Å². The number of rotatable bonds is 2. The molecule has 5 heteroatoms. The van der Waals surface area contributed by atoms with Crippen LogP contribution in [-0.2, 0) is 5.67 Å². The number of carboxylic acid groups (broad SMARTS) is 1. The molecule has 0 radical (unpaired) electrons. The zero-order chi connectivity index (χ0) is 10.1. The van der Waals surface area contributed by atoms with Crippen molar-refractivity contribution in [3.8, 4) is 0 Å². The van der Waals surface area contributed by atoms with Gasteiger partial charge in [-0.25, -0.2) is 19.2 Å². The number of carbonyl (C=O) groups is 1. The van der Waals surface area contributed by atoms with Crippen LogP contribution in [0.15, 0.2) is 12.4 Å². The Morgan fingerprint density at radius 1 is 1.46 bits per heavy atom. The summed E-state index contributed by atoms with van der Waals surface area (Å²) in [7, 11) is 0. The molecule has 0 bridgehead atoms. The van der Waals surface area contributed by atoms with Crippen molar-refractivity contribution in [1.82, 2.24) is 9.97 Å². The average molecular weight is 184 g/mol. The van der Waals surface area contributed by atoms with Gasteiger partial charge in [0.25, 0.3) is 0 Å². The lowest BCUT2D eigenvalue weighted by Gasteiger charge is -2.11. The third-order valence-corrected chi connectivity index (χ3v) is 1.43. The zero-order valence-corrected chi connectivity index (χ0v) is 7.28. The maximum absolute atomic E-state index is 13.2. The number of nitrogens with zero attached hydrogens (tertiary/aromatic N) is 2. The van der Waals surface area contributed by atoms with E-state index in [2.05, 4.69) is 9.97 Å². The third-order valence-electron chi connectivity index (χ3n) is 1.43. The number of alkyl halides is 1. The minimum Gasteiger partial charge on any atom is -0.478 e. The summed E-state index contributed by atoms with van der Waals surface area (Å²) in [4.78, 5) is 17.6. The van der Waals surface area contributed by atoms with E-state index in [4.69, 9.17) is 5.11 Å². The minimum atomic E-state index is -1.64. The van der Waals surface area contributed by atoms with E-state index in [1.165, 1.54) is 13.8 Å². The molecule has 0 aliphatic carbocycles. The van der Waals surface area contributed by atoms with Crippen LogP contribution < -0.4 is 0 Å². The Labute approximate surface area is 74.5 Å². The lowest BCUT2D eigenvalue weighted by Crippen LogP contribution is -2.14. The smallest absolute Gasteiger partial charge is 0.338 e. The highest BCUT2D eigenvalue weighted by atomic mass is 19.1. The summed E-state index contributed by atoms with van der Waals surface area (Å²) in [6.07, 6.45) is 2.18. The molecule has 1 heterocycles. The molecule has 1 aromatic heterocycles. The largest absolute Gasteiger partial charge is 0.478 e. The first-order valence-electron chi connectivity index (χ1n) is 3.66. The van der Waals surface area contributed by atoms with Crippen LogP contribution in [0.2, 0.25) is 0 Å². The number of hydrogen-bond acceptors (Lipinski definition) is 3. The van der Waals surface area contributed by atoms with E-state index in [0.29, 0.717) is 0 Å². The van der Waals surface area contributed by atoms with Crippen LogP contribution in [0.1, 0.15) is 30.0 Å². The van der Waals surface area contributed by atoms with Crippen molar-refractivity contribution in [2.75, 3.05) is 0 Å². The summed E-state index contributed by atoms with van der Waals surface area (Å²) in [5.74, 6) is -1.14. The van der Waals surface area contributed by atoms with E-state index < -0.39 is 11.6 Å². The maximum atomic E-state index is 13.2. The lowest BCUT2D eigenvalue weighted by molar-refractivity contribution is 0.0695. The summed E-state index contributed by atoms with van der Waals surface area (Å²) in [5, 5.41) is 8.50. The molecule has 0 fully saturated rings. The molecule has 1 rings (SSSR count). The van der Waals surface area contributed by atoms with Gasteiger partial charge in [0.05, 0.1) is 5.56 Å².